The van der Waals surface area contributed by atoms with Crippen molar-refractivity contribution in [2.75, 3.05) is 39.9 Å². The average molecular weight is 289 g/mol. The first kappa shape index (κ1) is 14.9. The lowest BCUT2D eigenvalue weighted by Gasteiger charge is -2.58. The van der Waals surface area contributed by atoms with Crippen molar-refractivity contribution in [1.82, 2.24) is 14.8 Å². The summed E-state index contributed by atoms with van der Waals surface area (Å²) in [6.45, 7) is 8.46. The highest BCUT2D eigenvalue weighted by Crippen LogP contribution is 2.38. The standard InChI is InChI=1S/C17H27N3O/c1-3-21-12-15-6-8-19(2)17(9-15)13-20(14-17)11-16-5-4-7-18-10-16/h4-5,7,10,15H,3,6,8-9,11-14H2,1-2H3/t15-/m0/s1. The third-order valence-electron chi connectivity index (χ3n) is 5.07. The molecule has 0 bridgehead atoms. The molecule has 2 fully saturated rings. The summed E-state index contributed by atoms with van der Waals surface area (Å²) in [4.78, 5) is 9.32. The minimum atomic E-state index is 0.391. The van der Waals surface area contributed by atoms with Crippen LogP contribution in [0.15, 0.2) is 24.5 Å². The second-order valence-corrected chi connectivity index (χ2v) is 6.67. The Morgan fingerprint density at radius 1 is 1.43 bits per heavy atom. The molecule has 2 aliphatic heterocycles. The van der Waals surface area contributed by atoms with Gasteiger partial charge in [-0.2, -0.15) is 0 Å². The molecule has 1 spiro atoms. The van der Waals surface area contributed by atoms with Crippen molar-refractivity contribution in [2.24, 2.45) is 5.92 Å². The fraction of sp³-hybridized carbons (Fsp3) is 0.706. The van der Waals surface area contributed by atoms with Crippen molar-refractivity contribution < 1.29 is 4.74 Å². The highest BCUT2D eigenvalue weighted by Gasteiger charge is 2.48. The maximum absolute atomic E-state index is 5.65. The van der Waals surface area contributed by atoms with Crippen LogP contribution in [0.3, 0.4) is 0 Å². The zero-order chi connectivity index (χ0) is 14.7. The second-order valence-electron chi connectivity index (χ2n) is 6.67. The Bertz CT molecular complexity index is 443. The van der Waals surface area contributed by atoms with Gasteiger partial charge in [0.2, 0.25) is 0 Å². The molecule has 1 aromatic rings. The molecule has 0 N–H and O–H groups in total. The van der Waals surface area contributed by atoms with Gasteiger partial charge < -0.3 is 4.74 Å². The van der Waals surface area contributed by atoms with Crippen LogP contribution in [0.4, 0.5) is 0 Å². The smallest absolute Gasteiger partial charge is 0.0495 e. The molecule has 116 valence electrons. The van der Waals surface area contributed by atoms with Gasteiger partial charge in [-0.3, -0.25) is 14.8 Å². The lowest BCUT2D eigenvalue weighted by molar-refractivity contribution is -0.0922. The molecule has 1 atom stereocenters. The summed E-state index contributed by atoms with van der Waals surface area (Å²) in [6.07, 6.45) is 6.38. The quantitative estimate of drug-likeness (QED) is 0.829. The average Bonchev–Trinajstić information content (AvgIpc) is 2.47. The molecule has 0 aromatic carbocycles. The second kappa shape index (κ2) is 6.42. The molecule has 0 aliphatic carbocycles. The van der Waals surface area contributed by atoms with E-state index in [1.165, 1.54) is 38.0 Å². The van der Waals surface area contributed by atoms with Gasteiger partial charge >= 0.3 is 0 Å². The molecule has 4 heteroatoms. The van der Waals surface area contributed by atoms with Crippen molar-refractivity contribution in [3.8, 4) is 0 Å². The highest BCUT2D eigenvalue weighted by atomic mass is 16.5. The van der Waals surface area contributed by atoms with Gasteiger partial charge in [-0.15, -0.1) is 0 Å². The molecule has 21 heavy (non-hydrogen) atoms. The van der Waals surface area contributed by atoms with Crippen LogP contribution in [0.25, 0.3) is 0 Å². The molecule has 2 saturated heterocycles. The Kier molecular flexibility index (Phi) is 4.57. The zero-order valence-corrected chi connectivity index (χ0v) is 13.3. The van der Waals surface area contributed by atoms with E-state index in [0.29, 0.717) is 5.54 Å². The summed E-state index contributed by atoms with van der Waals surface area (Å²) in [5.74, 6) is 0.738. The van der Waals surface area contributed by atoms with E-state index in [4.69, 9.17) is 4.74 Å². The SMILES string of the molecule is CCOC[C@H]1CCN(C)C2(C1)CN(Cc1cccnc1)C2. The topological polar surface area (TPSA) is 28.6 Å². The Morgan fingerprint density at radius 2 is 2.29 bits per heavy atom. The van der Waals surface area contributed by atoms with Crippen LogP contribution in [0.1, 0.15) is 25.3 Å². The number of hydrogen-bond donors (Lipinski definition) is 0. The van der Waals surface area contributed by atoms with Crippen LogP contribution < -0.4 is 0 Å². The van der Waals surface area contributed by atoms with Crippen LogP contribution in [0.2, 0.25) is 0 Å². The predicted octanol–water partition coefficient (Wildman–Crippen LogP) is 2.01. The van der Waals surface area contributed by atoms with Gasteiger partial charge in [0.15, 0.2) is 0 Å². The third kappa shape index (κ3) is 3.28. The van der Waals surface area contributed by atoms with E-state index in [2.05, 4.69) is 34.8 Å². The van der Waals surface area contributed by atoms with E-state index in [-0.39, 0.29) is 0 Å². The fourth-order valence-corrected chi connectivity index (χ4v) is 3.85. The molecule has 3 rings (SSSR count). The number of rotatable bonds is 5. The molecule has 3 heterocycles. The van der Waals surface area contributed by atoms with Gasteiger partial charge in [-0.25, -0.2) is 0 Å². The van der Waals surface area contributed by atoms with E-state index in [1.54, 1.807) is 0 Å². The Balaban J connectivity index is 1.54. The number of nitrogens with zero attached hydrogens (tertiary/aromatic N) is 3. The Labute approximate surface area is 128 Å². The molecule has 0 saturated carbocycles. The summed E-state index contributed by atoms with van der Waals surface area (Å²) in [7, 11) is 2.29. The molecule has 1 aromatic heterocycles. The predicted molar refractivity (Wildman–Crippen MR) is 84.1 cm³/mol. The molecule has 2 aliphatic rings. The first-order valence-electron chi connectivity index (χ1n) is 8.12. The number of pyridine rings is 1. The van der Waals surface area contributed by atoms with E-state index in [1.807, 2.05) is 18.5 Å². The highest BCUT2D eigenvalue weighted by molar-refractivity contribution is 5.12. The molecule has 0 radical (unpaired) electrons. The first-order valence-corrected chi connectivity index (χ1v) is 8.12. The summed E-state index contributed by atoms with van der Waals surface area (Å²) in [6, 6.07) is 4.19. The van der Waals surface area contributed by atoms with E-state index < -0.39 is 0 Å². The fourth-order valence-electron chi connectivity index (χ4n) is 3.85. The van der Waals surface area contributed by atoms with Crippen LogP contribution in [-0.2, 0) is 11.3 Å². The van der Waals surface area contributed by atoms with Crippen molar-refractivity contribution in [3.63, 3.8) is 0 Å². The summed E-state index contributed by atoms with van der Waals surface area (Å²) in [5, 5.41) is 0. The van der Waals surface area contributed by atoms with Gasteiger partial charge in [0.1, 0.15) is 0 Å². The van der Waals surface area contributed by atoms with Gasteiger partial charge in [0.25, 0.3) is 0 Å². The minimum absolute atomic E-state index is 0.391. The van der Waals surface area contributed by atoms with E-state index >= 15 is 0 Å². The maximum atomic E-state index is 5.65. The van der Waals surface area contributed by atoms with Gasteiger partial charge in [0, 0.05) is 50.8 Å². The number of likely N-dealkylation sites (tertiary alicyclic amines) is 2. The number of piperidine rings is 1. The van der Waals surface area contributed by atoms with Crippen LogP contribution in [0, 0.1) is 5.92 Å². The lowest BCUT2D eigenvalue weighted by atomic mass is 9.75. The van der Waals surface area contributed by atoms with E-state index in [9.17, 15) is 0 Å². The lowest BCUT2D eigenvalue weighted by Crippen LogP contribution is -2.71. The monoisotopic (exact) mass is 289 g/mol. The van der Waals surface area contributed by atoms with Crippen LogP contribution in [-0.4, -0.2) is 60.2 Å². The molecule has 0 unspecified atom stereocenters. The number of hydrogen-bond acceptors (Lipinski definition) is 4. The third-order valence-corrected chi connectivity index (χ3v) is 5.07. The largest absolute Gasteiger partial charge is 0.381 e. The zero-order valence-electron chi connectivity index (χ0n) is 13.3. The van der Waals surface area contributed by atoms with Crippen molar-refractivity contribution in [1.29, 1.82) is 0 Å². The summed E-state index contributed by atoms with van der Waals surface area (Å²) in [5.41, 5.74) is 1.71. The van der Waals surface area contributed by atoms with Crippen molar-refractivity contribution in [3.05, 3.63) is 30.1 Å². The number of likely N-dealkylation sites (N-methyl/N-ethyl adjacent to an activating group) is 1. The summed E-state index contributed by atoms with van der Waals surface area (Å²) >= 11 is 0. The first-order chi connectivity index (χ1) is 10.2. The van der Waals surface area contributed by atoms with Crippen LogP contribution in [0.5, 0.6) is 0 Å². The molecule has 0 amide bonds. The van der Waals surface area contributed by atoms with Gasteiger partial charge in [-0.05, 0) is 50.9 Å². The minimum Gasteiger partial charge on any atom is -0.381 e. The number of ether oxygens (including phenoxy) is 1. The van der Waals surface area contributed by atoms with E-state index in [0.717, 1.165) is 25.7 Å². The number of aromatic nitrogens is 1. The van der Waals surface area contributed by atoms with Crippen LogP contribution >= 0.6 is 0 Å². The molecule has 4 nitrogen and oxygen atoms in total. The molecular formula is C17H27N3O. The molecular weight excluding hydrogens is 262 g/mol. The maximum Gasteiger partial charge on any atom is 0.0495 e. The Hall–Kier alpha value is -0.970. The van der Waals surface area contributed by atoms with Gasteiger partial charge in [0.05, 0.1) is 0 Å². The van der Waals surface area contributed by atoms with Crippen molar-refractivity contribution in [2.45, 2.75) is 31.8 Å². The normalized spacial score (nSPS) is 25.9. The van der Waals surface area contributed by atoms with Crippen molar-refractivity contribution >= 4 is 0 Å². The van der Waals surface area contributed by atoms with Gasteiger partial charge in [-0.1, -0.05) is 6.07 Å². The summed E-state index contributed by atoms with van der Waals surface area (Å²) < 4.78 is 5.65. The Morgan fingerprint density at radius 3 is 3.00 bits per heavy atom.